The number of ether oxygens (including phenoxy) is 1. The van der Waals surface area contributed by atoms with Crippen LogP contribution in [0.15, 0.2) is 47.8 Å². The minimum atomic E-state index is 0.549. The molecule has 0 fully saturated rings. The quantitative estimate of drug-likeness (QED) is 0.586. The molecule has 0 saturated heterocycles. The summed E-state index contributed by atoms with van der Waals surface area (Å²) < 4.78 is 5.23. The number of allylic oxidation sites excluding steroid dienone is 1. The van der Waals surface area contributed by atoms with Gasteiger partial charge in [0.1, 0.15) is 16.8 Å². The summed E-state index contributed by atoms with van der Waals surface area (Å²) in [5.41, 5.74) is 5.93. The number of aryl methyl sites for hydroxylation is 2. The van der Waals surface area contributed by atoms with Crippen LogP contribution in [0.3, 0.4) is 0 Å². The van der Waals surface area contributed by atoms with Gasteiger partial charge in [0.15, 0.2) is 0 Å². The minimum absolute atomic E-state index is 0.549. The van der Waals surface area contributed by atoms with Crippen molar-refractivity contribution in [2.75, 3.05) is 7.11 Å². The molecule has 124 valence electrons. The Morgan fingerprint density at radius 1 is 1.16 bits per heavy atom. The Hall–Kier alpha value is -2.90. The van der Waals surface area contributed by atoms with E-state index in [4.69, 9.17) is 4.74 Å². The van der Waals surface area contributed by atoms with Gasteiger partial charge < -0.3 is 4.74 Å². The van der Waals surface area contributed by atoms with Crippen LogP contribution in [0.2, 0.25) is 0 Å². The molecule has 0 bridgehead atoms. The van der Waals surface area contributed by atoms with Gasteiger partial charge >= 0.3 is 0 Å². The van der Waals surface area contributed by atoms with Crippen LogP contribution in [-0.2, 0) is 0 Å². The summed E-state index contributed by atoms with van der Waals surface area (Å²) in [5.74, 6) is 0.765. The molecule has 3 rings (SSSR count). The highest BCUT2D eigenvalue weighted by Crippen LogP contribution is 2.28. The molecule has 4 heteroatoms. The molecule has 0 aliphatic rings. The molecule has 0 spiro atoms. The number of rotatable bonds is 4. The van der Waals surface area contributed by atoms with Gasteiger partial charge in [0, 0.05) is 10.9 Å². The van der Waals surface area contributed by atoms with E-state index in [0.29, 0.717) is 5.57 Å². The highest BCUT2D eigenvalue weighted by Gasteiger charge is 2.10. The van der Waals surface area contributed by atoms with Gasteiger partial charge in [-0.25, -0.2) is 4.98 Å². The Kier molecular flexibility index (Phi) is 4.97. The van der Waals surface area contributed by atoms with Crippen molar-refractivity contribution in [3.63, 3.8) is 0 Å². The SMILES string of the molecule is COc1cccc(/C=C(/C#N)c2nc(-c3ccc(C)c(C)c3)cs2)c1. The standard InChI is InChI=1S/C21H18N2OS/c1-14-7-8-17(9-15(14)2)20-13-25-21(23-20)18(12-22)10-16-5-4-6-19(11-16)24-3/h4-11,13H,1-3H3/b18-10-. The van der Waals surface area contributed by atoms with Crippen LogP contribution in [0.5, 0.6) is 5.75 Å². The van der Waals surface area contributed by atoms with Crippen LogP contribution < -0.4 is 4.74 Å². The van der Waals surface area contributed by atoms with Gasteiger partial charge in [-0.1, -0.05) is 24.3 Å². The fourth-order valence-electron chi connectivity index (χ4n) is 2.47. The predicted molar refractivity (Wildman–Crippen MR) is 104 cm³/mol. The molecule has 1 heterocycles. The molecule has 0 radical (unpaired) electrons. The van der Waals surface area contributed by atoms with E-state index in [1.54, 1.807) is 7.11 Å². The van der Waals surface area contributed by atoms with Crippen LogP contribution in [0.1, 0.15) is 21.7 Å². The highest BCUT2D eigenvalue weighted by molar-refractivity contribution is 7.11. The van der Waals surface area contributed by atoms with Crippen LogP contribution in [-0.4, -0.2) is 12.1 Å². The molecule has 25 heavy (non-hydrogen) atoms. The van der Waals surface area contributed by atoms with Crippen molar-refractivity contribution in [1.82, 2.24) is 4.98 Å². The van der Waals surface area contributed by atoms with Crippen molar-refractivity contribution >= 4 is 23.0 Å². The van der Waals surface area contributed by atoms with Crippen molar-refractivity contribution in [3.8, 4) is 23.1 Å². The fraction of sp³-hybridized carbons (Fsp3) is 0.143. The van der Waals surface area contributed by atoms with Gasteiger partial charge in [0.2, 0.25) is 0 Å². The largest absolute Gasteiger partial charge is 0.497 e. The first-order valence-corrected chi connectivity index (χ1v) is 8.78. The second-order valence-corrected chi connectivity index (χ2v) is 6.64. The topological polar surface area (TPSA) is 45.9 Å². The van der Waals surface area contributed by atoms with Gasteiger partial charge in [0.25, 0.3) is 0 Å². The number of aromatic nitrogens is 1. The molecule has 0 unspecified atom stereocenters. The average Bonchev–Trinajstić information content (AvgIpc) is 3.12. The third-order valence-corrected chi connectivity index (χ3v) is 4.94. The number of hydrogen-bond donors (Lipinski definition) is 0. The van der Waals surface area contributed by atoms with E-state index in [0.717, 1.165) is 27.6 Å². The Balaban J connectivity index is 1.95. The Morgan fingerprint density at radius 3 is 2.72 bits per heavy atom. The van der Waals surface area contributed by atoms with Crippen LogP contribution in [0, 0.1) is 25.2 Å². The van der Waals surface area contributed by atoms with Gasteiger partial charge in [-0.05, 0) is 54.8 Å². The number of nitriles is 1. The van der Waals surface area contributed by atoms with E-state index in [1.807, 2.05) is 35.7 Å². The van der Waals surface area contributed by atoms with E-state index < -0.39 is 0 Å². The van der Waals surface area contributed by atoms with E-state index in [9.17, 15) is 5.26 Å². The summed E-state index contributed by atoms with van der Waals surface area (Å²) >= 11 is 1.48. The van der Waals surface area contributed by atoms with E-state index in [2.05, 4.69) is 43.1 Å². The number of nitrogens with zero attached hydrogens (tertiary/aromatic N) is 2. The lowest BCUT2D eigenvalue weighted by Gasteiger charge is -2.02. The lowest BCUT2D eigenvalue weighted by molar-refractivity contribution is 0.414. The molecular weight excluding hydrogens is 328 g/mol. The van der Waals surface area contributed by atoms with E-state index in [-0.39, 0.29) is 0 Å². The summed E-state index contributed by atoms with van der Waals surface area (Å²) in [5, 5.41) is 12.3. The van der Waals surface area contributed by atoms with Crippen LogP contribution >= 0.6 is 11.3 Å². The van der Waals surface area contributed by atoms with Gasteiger partial charge in [0.05, 0.1) is 18.4 Å². The molecule has 0 atom stereocenters. The Labute approximate surface area is 151 Å². The van der Waals surface area contributed by atoms with E-state index >= 15 is 0 Å². The summed E-state index contributed by atoms with van der Waals surface area (Å²) in [7, 11) is 1.63. The molecule has 0 aliphatic carbocycles. The van der Waals surface area contributed by atoms with Crippen LogP contribution in [0.4, 0.5) is 0 Å². The van der Waals surface area contributed by atoms with E-state index in [1.165, 1.54) is 22.5 Å². The van der Waals surface area contributed by atoms with Crippen molar-refractivity contribution in [1.29, 1.82) is 5.26 Å². The number of methoxy groups -OCH3 is 1. The summed E-state index contributed by atoms with van der Waals surface area (Å²) in [6.07, 6.45) is 1.84. The number of benzene rings is 2. The minimum Gasteiger partial charge on any atom is -0.497 e. The van der Waals surface area contributed by atoms with Crippen LogP contribution in [0.25, 0.3) is 22.9 Å². The first-order chi connectivity index (χ1) is 12.1. The summed E-state index contributed by atoms with van der Waals surface area (Å²) in [6, 6.07) is 16.2. The van der Waals surface area contributed by atoms with Gasteiger partial charge in [-0.2, -0.15) is 5.26 Å². The molecule has 3 nitrogen and oxygen atoms in total. The van der Waals surface area contributed by atoms with Gasteiger partial charge in [-0.15, -0.1) is 11.3 Å². The number of thiazole rings is 1. The lowest BCUT2D eigenvalue weighted by Crippen LogP contribution is -1.86. The van der Waals surface area contributed by atoms with Crippen molar-refractivity contribution in [2.24, 2.45) is 0 Å². The van der Waals surface area contributed by atoms with Crippen molar-refractivity contribution in [2.45, 2.75) is 13.8 Å². The first-order valence-electron chi connectivity index (χ1n) is 7.90. The zero-order chi connectivity index (χ0) is 17.8. The Bertz CT molecular complexity index is 980. The zero-order valence-electron chi connectivity index (χ0n) is 14.4. The maximum Gasteiger partial charge on any atom is 0.134 e. The highest BCUT2D eigenvalue weighted by atomic mass is 32.1. The second kappa shape index (κ2) is 7.33. The molecule has 3 aromatic rings. The maximum absolute atomic E-state index is 9.54. The lowest BCUT2D eigenvalue weighted by atomic mass is 10.1. The predicted octanol–water partition coefficient (Wildman–Crippen LogP) is 5.50. The normalized spacial score (nSPS) is 11.2. The third kappa shape index (κ3) is 3.78. The smallest absolute Gasteiger partial charge is 0.134 e. The molecule has 2 aromatic carbocycles. The molecule has 0 aliphatic heterocycles. The van der Waals surface area contributed by atoms with Crippen molar-refractivity contribution in [3.05, 3.63) is 69.5 Å². The first kappa shape index (κ1) is 16.9. The summed E-state index contributed by atoms with van der Waals surface area (Å²) in [4.78, 5) is 4.66. The molecular formula is C21H18N2OS. The van der Waals surface area contributed by atoms with Crippen molar-refractivity contribution < 1.29 is 4.74 Å². The molecule has 0 amide bonds. The molecule has 0 saturated carbocycles. The Morgan fingerprint density at radius 2 is 2.00 bits per heavy atom. The summed E-state index contributed by atoms with van der Waals surface area (Å²) in [6.45, 7) is 4.19. The molecule has 1 aromatic heterocycles. The monoisotopic (exact) mass is 346 g/mol. The zero-order valence-corrected chi connectivity index (χ0v) is 15.2. The third-order valence-electron chi connectivity index (χ3n) is 4.06. The average molecular weight is 346 g/mol. The number of hydrogen-bond acceptors (Lipinski definition) is 4. The second-order valence-electron chi connectivity index (χ2n) is 5.78. The molecule has 0 N–H and O–H groups in total. The van der Waals surface area contributed by atoms with Gasteiger partial charge in [-0.3, -0.25) is 0 Å². The maximum atomic E-state index is 9.54. The fourth-order valence-corrected chi connectivity index (χ4v) is 3.27.